The van der Waals surface area contributed by atoms with Crippen LogP contribution in [0, 0.1) is 0 Å². The minimum Gasteiger partial charge on any atom is -0.478 e. The molecule has 0 spiro atoms. The van der Waals surface area contributed by atoms with Crippen molar-refractivity contribution < 1.29 is 27.8 Å². The lowest BCUT2D eigenvalue weighted by Crippen LogP contribution is -2.24. The normalized spacial score (nSPS) is 11.7. The fourth-order valence-corrected chi connectivity index (χ4v) is 3.69. The third kappa shape index (κ3) is 6.53. The number of sulfonamides is 1. The maximum absolute atomic E-state index is 11.9. The highest BCUT2D eigenvalue weighted by Gasteiger charge is 2.18. The van der Waals surface area contributed by atoms with Gasteiger partial charge in [-0.25, -0.2) is 17.9 Å². The van der Waals surface area contributed by atoms with Crippen molar-refractivity contribution in [2.24, 2.45) is 0 Å². The molecule has 1 aromatic rings. The molecule has 1 rings (SSSR count). The van der Waals surface area contributed by atoms with E-state index in [0.717, 1.165) is 23.8 Å². The molecule has 0 bridgehead atoms. The van der Waals surface area contributed by atoms with Gasteiger partial charge < -0.3 is 14.6 Å². The molecule has 1 aromatic heterocycles. The van der Waals surface area contributed by atoms with E-state index >= 15 is 0 Å². The first-order valence-electron chi connectivity index (χ1n) is 6.35. The van der Waals surface area contributed by atoms with Crippen molar-refractivity contribution in [2.75, 3.05) is 33.5 Å². The van der Waals surface area contributed by atoms with Crippen molar-refractivity contribution in [2.45, 2.75) is 17.1 Å². The summed E-state index contributed by atoms with van der Waals surface area (Å²) < 4.78 is 36.3. The third-order valence-electron chi connectivity index (χ3n) is 2.53. The summed E-state index contributed by atoms with van der Waals surface area (Å²) in [4.78, 5) is 10.7. The van der Waals surface area contributed by atoms with E-state index in [-0.39, 0.29) is 16.3 Å². The van der Waals surface area contributed by atoms with Crippen molar-refractivity contribution in [3.8, 4) is 0 Å². The molecule has 0 aliphatic rings. The van der Waals surface area contributed by atoms with Gasteiger partial charge in [0.2, 0.25) is 10.0 Å². The molecule has 0 unspecified atom stereocenters. The number of hydrogen-bond acceptors (Lipinski definition) is 6. The Morgan fingerprint density at radius 2 is 2.10 bits per heavy atom. The maximum Gasteiger partial charge on any atom is 0.336 e. The predicted molar refractivity (Wildman–Crippen MR) is 78.4 cm³/mol. The van der Waals surface area contributed by atoms with Crippen molar-refractivity contribution in [1.29, 1.82) is 0 Å². The second-order valence-electron chi connectivity index (χ2n) is 4.17. The molecule has 2 N–H and O–H groups in total. The Kier molecular flexibility index (Phi) is 7.83. The first-order valence-corrected chi connectivity index (χ1v) is 8.72. The Bertz CT molecular complexity index is 540. The van der Waals surface area contributed by atoms with E-state index in [1.165, 1.54) is 5.38 Å². The summed E-state index contributed by atoms with van der Waals surface area (Å²) >= 11 is 0.892. The molecule has 0 saturated carbocycles. The van der Waals surface area contributed by atoms with Crippen molar-refractivity contribution >= 4 is 27.3 Å². The summed E-state index contributed by atoms with van der Waals surface area (Å²) in [6.45, 7) is 1.90. The number of aromatic carboxylic acids is 1. The van der Waals surface area contributed by atoms with Gasteiger partial charge in [0.25, 0.3) is 0 Å². The Hall–Kier alpha value is -1.00. The first-order chi connectivity index (χ1) is 9.97. The Labute approximate surface area is 127 Å². The van der Waals surface area contributed by atoms with Crippen LogP contribution in [-0.2, 0) is 19.5 Å². The highest BCUT2D eigenvalue weighted by atomic mass is 32.2. The number of hydrogen-bond donors (Lipinski definition) is 2. The van der Waals surface area contributed by atoms with Gasteiger partial charge in [-0.15, -0.1) is 11.3 Å². The van der Waals surface area contributed by atoms with Crippen LogP contribution in [-0.4, -0.2) is 53.0 Å². The maximum atomic E-state index is 11.9. The van der Waals surface area contributed by atoms with Crippen molar-refractivity contribution in [3.05, 3.63) is 17.0 Å². The summed E-state index contributed by atoms with van der Waals surface area (Å²) in [6, 6.07) is 1.16. The molecule has 120 valence electrons. The average molecular weight is 337 g/mol. The van der Waals surface area contributed by atoms with Crippen LogP contribution in [0.4, 0.5) is 0 Å². The summed E-state index contributed by atoms with van der Waals surface area (Å²) in [5, 5.41) is 10.1. The average Bonchev–Trinajstić information content (AvgIpc) is 2.92. The lowest BCUT2D eigenvalue weighted by atomic mass is 10.3. The lowest BCUT2D eigenvalue weighted by Gasteiger charge is -2.05. The molecule has 0 atom stereocenters. The van der Waals surface area contributed by atoms with Crippen LogP contribution in [0.15, 0.2) is 15.7 Å². The van der Waals surface area contributed by atoms with E-state index in [0.29, 0.717) is 26.2 Å². The van der Waals surface area contributed by atoms with Crippen LogP contribution in [0.25, 0.3) is 0 Å². The molecular weight excluding hydrogens is 318 g/mol. The number of thiophene rings is 1. The van der Waals surface area contributed by atoms with E-state index in [1.807, 2.05) is 0 Å². The summed E-state index contributed by atoms with van der Waals surface area (Å²) in [6.07, 6.45) is 1.38. The van der Waals surface area contributed by atoms with Crippen LogP contribution in [0.2, 0.25) is 0 Å². The molecule has 0 radical (unpaired) electrons. The minimum atomic E-state index is -3.63. The summed E-state index contributed by atoms with van der Waals surface area (Å²) in [5.74, 6) is -1.14. The first kappa shape index (κ1) is 18.1. The van der Waals surface area contributed by atoms with E-state index < -0.39 is 16.0 Å². The smallest absolute Gasteiger partial charge is 0.336 e. The number of carbonyl (C=O) groups is 1. The lowest BCUT2D eigenvalue weighted by molar-refractivity contribution is 0.0689. The monoisotopic (exact) mass is 337 g/mol. The predicted octanol–water partition coefficient (Wildman–Crippen LogP) is 1.17. The van der Waals surface area contributed by atoms with Gasteiger partial charge >= 0.3 is 5.97 Å². The number of unbranched alkanes of at least 4 members (excludes halogenated alkanes) is 1. The topological polar surface area (TPSA) is 102 Å². The molecule has 21 heavy (non-hydrogen) atoms. The van der Waals surface area contributed by atoms with E-state index in [1.54, 1.807) is 7.11 Å². The van der Waals surface area contributed by atoms with Crippen molar-refractivity contribution in [3.63, 3.8) is 0 Å². The molecule has 1 heterocycles. The largest absolute Gasteiger partial charge is 0.478 e. The zero-order chi connectivity index (χ0) is 15.7. The second kappa shape index (κ2) is 9.11. The van der Waals surface area contributed by atoms with Gasteiger partial charge in [0, 0.05) is 25.6 Å². The Morgan fingerprint density at radius 3 is 2.71 bits per heavy atom. The number of methoxy groups -OCH3 is 1. The van der Waals surface area contributed by atoms with Gasteiger partial charge in [0.05, 0.1) is 18.8 Å². The van der Waals surface area contributed by atoms with Gasteiger partial charge in [-0.2, -0.15) is 0 Å². The molecule has 0 saturated heterocycles. The molecular formula is C12H19NO6S2. The third-order valence-corrected chi connectivity index (χ3v) is 5.43. The summed E-state index contributed by atoms with van der Waals surface area (Å²) in [5.41, 5.74) is -0.0214. The Morgan fingerprint density at radius 1 is 1.33 bits per heavy atom. The van der Waals surface area contributed by atoms with Crippen LogP contribution < -0.4 is 4.72 Å². The van der Waals surface area contributed by atoms with E-state index in [4.69, 9.17) is 14.6 Å². The van der Waals surface area contributed by atoms with Gasteiger partial charge in [0.1, 0.15) is 4.21 Å². The molecule has 0 fully saturated rings. The molecule has 0 aliphatic carbocycles. The fraction of sp³-hybridized carbons (Fsp3) is 0.583. The molecule has 0 aromatic carbocycles. The minimum absolute atomic E-state index is 0.0104. The highest BCUT2D eigenvalue weighted by Crippen LogP contribution is 2.19. The standard InChI is InChI=1S/C12H19NO6S2/c1-18-6-7-19-5-3-2-4-13-21(16,17)11-8-10(9-20-11)12(14)15/h8-9,13H,2-7H2,1H3,(H,14,15). The summed E-state index contributed by atoms with van der Waals surface area (Å²) in [7, 11) is -2.03. The van der Waals surface area contributed by atoms with Crippen LogP contribution >= 0.6 is 11.3 Å². The van der Waals surface area contributed by atoms with E-state index in [9.17, 15) is 13.2 Å². The van der Waals surface area contributed by atoms with Crippen LogP contribution in [0.1, 0.15) is 23.2 Å². The zero-order valence-corrected chi connectivity index (χ0v) is 13.3. The SMILES string of the molecule is COCCOCCCCNS(=O)(=O)c1cc(C(=O)O)cs1. The quantitative estimate of drug-likeness (QED) is 0.588. The Balaban J connectivity index is 2.28. The van der Waals surface area contributed by atoms with Crippen LogP contribution in [0.5, 0.6) is 0 Å². The second-order valence-corrected chi connectivity index (χ2v) is 7.07. The molecule has 0 amide bonds. The fourth-order valence-electron chi connectivity index (χ4n) is 1.42. The molecule has 7 nitrogen and oxygen atoms in total. The number of rotatable bonds is 11. The number of nitrogens with one attached hydrogen (secondary N) is 1. The van der Waals surface area contributed by atoms with Crippen molar-refractivity contribution in [1.82, 2.24) is 4.72 Å². The molecule has 9 heteroatoms. The van der Waals surface area contributed by atoms with Gasteiger partial charge in [0.15, 0.2) is 0 Å². The number of carboxylic acids is 1. The van der Waals surface area contributed by atoms with Gasteiger partial charge in [-0.3, -0.25) is 0 Å². The molecule has 0 aliphatic heterocycles. The van der Waals surface area contributed by atoms with E-state index in [2.05, 4.69) is 4.72 Å². The highest BCUT2D eigenvalue weighted by molar-refractivity contribution is 7.91. The zero-order valence-electron chi connectivity index (χ0n) is 11.7. The van der Waals surface area contributed by atoms with Crippen LogP contribution in [0.3, 0.4) is 0 Å². The number of ether oxygens (including phenoxy) is 2. The number of carboxylic acid groups (broad SMARTS) is 1. The van der Waals surface area contributed by atoms with Gasteiger partial charge in [-0.05, 0) is 18.9 Å². The van der Waals surface area contributed by atoms with Gasteiger partial charge in [-0.1, -0.05) is 0 Å².